The third-order valence-corrected chi connectivity index (χ3v) is 3.64. The maximum atomic E-state index is 11.0. The van der Waals surface area contributed by atoms with Gasteiger partial charge in [-0.3, -0.25) is 4.79 Å². The Bertz CT molecular complexity index is 297. The Morgan fingerprint density at radius 2 is 2.19 bits per heavy atom. The Morgan fingerprint density at radius 1 is 1.38 bits per heavy atom. The molecule has 1 aliphatic carbocycles. The van der Waals surface area contributed by atoms with Gasteiger partial charge in [-0.05, 0) is 19.3 Å². The van der Waals surface area contributed by atoms with Crippen molar-refractivity contribution in [3.63, 3.8) is 0 Å². The highest BCUT2D eigenvalue weighted by Gasteiger charge is 2.26. The number of carbonyl (C=O) groups excluding carboxylic acids is 1. The van der Waals surface area contributed by atoms with Gasteiger partial charge < -0.3 is 10.6 Å². The molecule has 1 amide bonds. The van der Waals surface area contributed by atoms with E-state index in [1.54, 1.807) is 0 Å². The van der Waals surface area contributed by atoms with Crippen LogP contribution in [0.3, 0.4) is 0 Å². The van der Waals surface area contributed by atoms with E-state index in [1.165, 1.54) is 12.8 Å². The van der Waals surface area contributed by atoms with Gasteiger partial charge in [0, 0.05) is 25.0 Å². The third-order valence-electron chi connectivity index (χ3n) is 3.64. The number of nitrogens with one attached hydrogen (secondary N) is 2. The normalized spacial score (nSPS) is 34.4. The predicted molar refractivity (Wildman–Crippen MR) is 60.5 cm³/mol. The molecule has 0 spiro atoms. The first-order chi connectivity index (χ1) is 7.79. The standard InChI is InChI=1S/C12H19N3O/c13-7-9-3-1-2-4-11(9)14-8-10-5-6-12(16)15-10/h9-11,14H,1-6,8H2,(H,15,16). The van der Waals surface area contributed by atoms with Gasteiger partial charge in [-0.15, -0.1) is 0 Å². The number of hydrogen-bond acceptors (Lipinski definition) is 3. The number of hydrogen-bond donors (Lipinski definition) is 2. The third kappa shape index (κ3) is 2.73. The smallest absolute Gasteiger partial charge is 0.220 e. The van der Waals surface area contributed by atoms with Crippen LogP contribution in [0.5, 0.6) is 0 Å². The highest BCUT2D eigenvalue weighted by molar-refractivity contribution is 5.78. The molecule has 2 fully saturated rings. The Morgan fingerprint density at radius 3 is 2.88 bits per heavy atom. The molecule has 1 saturated carbocycles. The van der Waals surface area contributed by atoms with Crippen molar-refractivity contribution in [2.24, 2.45) is 5.92 Å². The van der Waals surface area contributed by atoms with E-state index in [4.69, 9.17) is 5.26 Å². The van der Waals surface area contributed by atoms with E-state index in [9.17, 15) is 4.79 Å². The average molecular weight is 221 g/mol. The van der Waals surface area contributed by atoms with Crippen LogP contribution in [-0.2, 0) is 4.79 Å². The molecule has 3 unspecified atom stereocenters. The van der Waals surface area contributed by atoms with Gasteiger partial charge in [0.15, 0.2) is 0 Å². The summed E-state index contributed by atoms with van der Waals surface area (Å²) < 4.78 is 0. The quantitative estimate of drug-likeness (QED) is 0.745. The molecule has 0 aromatic heterocycles. The summed E-state index contributed by atoms with van der Waals surface area (Å²) >= 11 is 0. The fraction of sp³-hybridized carbons (Fsp3) is 0.833. The number of nitriles is 1. The first-order valence-electron chi connectivity index (χ1n) is 6.22. The molecule has 3 atom stereocenters. The minimum atomic E-state index is 0.158. The van der Waals surface area contributed by atoms with Crippen molar-refractivity contribution in [2.45, 2.75) is 50.6 Å². The molecular formula is C12H19N3O. The first kappa shape index (κ1) is 11.4. The van der Waals surface area contributed by atoms with Crippen LogP contribution in [0, 0.1) is 17.2 Å². The van der Waals surface area contributed by atoms with E-state index in [0.717, 1.165) is 25.8 Å². The Labute approximate surface area is 96.4 Å². The molecule has 2 aliphatic rings. The Balaban J connectivity index is 1.76. The number of amides is 1. The van der Waals surface area contributed by atoms with Crippen molar-refractivity contribution in [3.05, 3.63) is 0 Å². The Hall–Kier alpha value is -1.08. The summed E-state index contributed by atoms with van der Waals surface area (Å²) in [5.41, 5.74) is 0. The van der Waals surface area contributed by atoms with Crippen LogP contribution in [0.1, 0.15) is 38.5 Å². The van der Waals surface area contributed by atoms with E-state index in [0.29, 0.717) is 12.5 Å². The number of carbonyl (C=O) groups is 1. The molecule has 1 heterocycles. The molecule has 4 nitrogen and oxygen atoms in total. The Kier molecular flexibility index (Phi) is 3.79. The van der Waals surface area contributed by atoms with Gasteiger partial charge in [0.25, 0.3) is 0 Å². The van der Waals surface area contributed by atoms with Gasteiger partial charge in [-0.1, -0.05) is 12.8 Å². The van der Waals surface area contributed by atoms with Gasteiger partial charge in [-0.25, -0.2) is 0 Å². The minimum Gasteiger partial charge on any atom is -0.352 e. The summed E-state index contributed by atoms with van der Waals surface area (Å²) in [7, 11) is 0. The van der Waals surface area contributed by atoms with Crippen molar-refractivity contribution < 1.29 is 4.79 Å². The van der Waals surface area contributed by atoms with Crippen LogP contribution in [0.2, 0.25) is 0 Å². The summed E-state index contributed by atoms with van der Waals surface area (Å²) in [6.45, 7) is 0.814. The van der Waals surface area contributed by atoms with Gasteiger partial charge >= 0.3 is 0 Å². The van der Waals surface area contributed by atoms with Crippen LogP contribution in [0.25, 0.3) is 0 Å². The second-order valence-electron chi connectivity index (χ2n) is 4.84. The molecule has 0 radical (unpaired) electrons. The minimum absolute atomic E-state index is 0.158. The molecule has 88 valence electrons. The van der Waals surface area contributed by atoms with Crippen LogP contribution in [0.4, 0.5) is 0 Å². The van der Waals surface area contributed by atoms with Crippen LogP contribution < -0.4 is 10.6 Å². The van der Waals surface area contributed by atoms with E-state index in [1.807, 2.05) is 0 Å². The topological polar surface area (TPSA) is 64.9 Å². The van der Waals surface area contributed by atoms with E-state index in [-0.39, 0.29) is 17.9 Å². The second-order valence-corrected chi connectivity index (χ2v) is 4.84. The number of rotatable bonds is 3. The number of nitrogens with zero attached hydrogens (tertiary/aromatic N) is 1. The van der Waals surface area contributed by atoms with Crippen molar-refractivity contribution in [2.75, 3.05) is 6.54 Å². The highest BCUT2D eigenvalue weighted by Crippen LogP contribution is 2.23. The van der Waals surface area contributed by atoms with Gasteiger partial charge in [-0.2, -0.15) is 5.26 Å². The molecular weight excluding hydrogens is 202 g/mol. The van der Waals surface area contributed by atoms with Crippen LogP contribution in [-0.4, -0.2) is 24.5 Å². The summed E-state index contributed by atoms with van der Waals surface area (Å²) in [6.07, 6.45) is 6.09. The second kappa shape index (κ2) is 5.31. The highest BCUT2D eigenvalue weighted by atomic mass is 16.1. The fourth-order valence-electron chi connectivity index (χ4n) is 2.65. The SMILES string of the molecule is N#CC1CCCCC1NCC1CCC(=O)N1. The predicted octanol–water partition coefficient (Wildman–Crippen LogP) is 0.937. The molecule has 0 aromatic rings. The molecule has 2 rings (SSSR count). The van der Waals surface area contributed by atoms with E-state index < -0.39 is 0 Å². The lowest BCUT2D eigenvalue weighted by molar-refractivity contribution is -0.119. The van der Waals surface area contributed by atoms with Crippen LogP contribution >= 0.6 is 0 Å². The molecule has 0 bridgehead atoms. The van der Waals surface area contributed by atoms with Crippen molar-refractivity contribution in [1.82, 2.24) is 10.6 Å². The fourth-order valence-corrected chi connectivity index (χ4v) is 2.65. The average Bonchev–Trinajstić information content (AvgIpc) is 2.73. The zero-order valence-corrected chi connectivity index (χ0v) is 9.54. The first-order valence-corrected chi connectivity index (χ1v) is 6.22. The largest absolute Gasteiger partial charge is 0.352 e. The van der Waals surface area contributed by atoms with Crippen LogP contribution in [0.15, 0.2) is 0 Å². The molecule has 16 heavy (non-hydrogen) atoms. The molecule has 1 saturated heterocycles. The van der Waals surface area contributed by atoms with Gasteiger partial charge in [0.05, 0.1) is 12.0 Å². The lowest BCUT2D eigenvalue weighted by Gasteiger charge is -2.28. The zero-order chi connectivity index (χ0) is 11.4. The molecule has 0 aromatic carbocycles. The molecule has 2 N–H and O–H groups in total. The van der Waals surface area contributed by atoms with Gasteiger partial charge in [0.2, 0.25) is 5.91 Å². The molecule has 1 aliphatic heterocycles. The maximum absolute atomic E-state index is 11.0. The lowest BCUT2D eigenvalue weighted by atomic mass is 9.85. The monoisotopic (exact) mass is 221 g/mol. The van der Waals surface area contributed by atoms with E-state index >= 15 is 0 Å². The summed E-state index contributed by atoms with van der Waals surface area (Å²) in [4.78, 5) is 11.0. The van der Waals surface area contributed by atoms with Crippen molar-refractivity contribution in [3.8, 4) is 6.07 Å². The molecule has 4 heteroatoms. The van der Waals surface area contributed by atoms with Gasteiger partial charge in [0.1, 0.15) is 0 Å². The zero-order valence-electron chi connectivity index (χ0n) is 9.54. The lowest BCUT2D eigenvalue weighted by Crippen LogP contribution is -2.44. The van der Waals surface area contributed by atoms with E-state index in [2.05, 4.69) is 16.7 Å². The summed E-state index contributed by atoms with van der Waals surface area (Å²) in [5.74, 6) is 0.318. The van der Waals surface area contributed by atoms with Crippen molar-refractivity contribution in [1.29, 1.82) is 5.26 Å². The van der Waals surface area contributed by atoms with Crippen molar-refractivity contribution >= 4 is 5.91 Å². The summed E-state index contributed by atoms with van der Waals surface area (Å²) in [5, 5.41) is 15.4. The maximum Gasteiger partial charge on any atom is 0.220 e. The summed E-state index contributed by atoms with van der Waals surface area (Å²) in [6, 6.07) is 2.99.